The molecule has 1 heterocycles. The van der Waals surface area contributed by atoms with E-state index in [0.717, 1.165) is 4.90 Å². The highest BCUT2D eigenvalue weighted by molar-refractivity contribution is 5.98. The number of fused-ring (bicyclic) bond motifs is 1. The quantitative estimate of drug-likeness (QED) is 0.744. The number of hydrogen-bond donors (Lipinski definition) is 1. The normalized spacial score (nSPS) is 35.8. The third-order valence-electron chi connectivity index (χ3n) is 3.52. The van der Waals surface area contributed by atoms with Gasteiger partial charge in [-0.1, -0.05) is 6.92 Å². The Hall–Kier alpha value is -1.10. The van der Waals surface area contributed by atoms with Crippen LogP contribution in [-0.4, -0.2) is 40.3 Å². The molecule has 1 aliphatic heterocycles. The van der Waals surface area contributed by atoms with Gasteiger partial charge in [0, 0.05) is 5.92 Å². The van der Waals surface area contributed by atoms with E-state index in [9.17, 15) is 14.7 Å². The van der Waals surface area contributed by atoms with Gasteiger partial charge in [-0.2, -0.15) is 0 Å². The van der Waals surface area contributed by atoms with Crippen molar-refractivity contribution in [1.82, 2.24) is 4.90 Å². The summed E-state index contributed by atoms with van der Waals surface area (Å²) in [4.78, 5) is 25.0. The first kappa shape index (κ1) is 12.4. The van der Waals surface area contributed by atoms with Gasteiger partial charge in [0.2, 0.25) is 5.91 Å². The molecule has 1 saturated carbocycles. The molecule has 1 aliphatic carbocycles. The number of carbonyl (C=O) groups excluding carboxylic acids is 2. The van der Waals surface area contributed by atoms with Crippen LogP contribution in [0.3, 0.4) is 0 Å². The number of aliphatic hydroxyl groups excluding tert-OH is 1. The summed E-state index contributed by atoms with van der Waals surface area (Å²) in [6.45, 7) is 7.05. The molecule has 5 heteroatoms. The molecule has 5 nitrogen and oxygen atoms in total. The first-order chi connectivity index (χ1) is 7.78. The standard InChI is InChI=1S/C12H19NO4/c1-6-8-7(5-14)13(10(15)9(6)8)11(16)17-12(2,3)4/h6-9,14H,5H2,1-4H3/t6-,7+,8+,9+/m0/s1. The maximum absolute atomic E-state index is 12.0. The van der Waals surface area contributed by atoms with Crippen LogP contribution in [0.5, 0.6) is 0 Å². The number of piperidine rings is 1. The highest BCUT2D eigenvalue weighted by Gasteiger charge is 2.66. The largest absolute Gasteiger partial charge is 0.443 e. The van der Waals surface area contributed by atoms with E-state index in [0.29, 0.717) is 0 Å². The van der Waals surface area contributed by atoms with E-state index in [1.54, 1.807) is 20.8 Å². The lowest BCUT2D eigenvalue weighted by Crippen LogP contribution is -2.46. The van der Waals surface area contributed by atoms with Crippen LogP contribution in [0.25, 0.3) is 0 Å². The van der Waals surface area contributed by atoms with Crippen molar-refractivity contribution >= 4 is 12.0 Å². The van der Waals surface area contributed by atoms with Crippen LogP contribution in [0.4, 0.5) is 4.79 Å². The Morgan fingerprint density at radius 3 is 2.53 bits per heavy atom. The van der Waals surface area contributed by atoms with Gasteiger partial charge in [0.1, 0.15) is 5.60 Å². The molecule has 2 rings (SSSR count). The number of amides is 2. The molecule has 96 valence electrons. The van der Waals surface area contributed by atoms with Crippen LogP contribution in [-0.2, 0) is 9.53 Å². The molecule has 17 heavy (non-hydrogen) atoms. The summed E-state index contributed by atoms with van der Waals surface area (Å²) in [5.41, 5.74) is -0.629. The molecule has 2 aliphatic rings. The van der Waals surface area contributed by atoms with Crippen molar-refractivity contribution in [2.75, 3.05) is 6.61 Å². The lowest BCUT2D eigenvalue weighted by atomic mass is 10.1. The Morgan fingerprint density at radius 2 is 2.06 bits per heavy atom. The lowest BCUT2D eigenvalue weighted by molar-refractivity contribution is -0.131. The Morgan fingerprint density at radius 1 is 1.47 bits per heavy atom. The fraction of sp³-hybridized carbons (Fsp3) is 0.833. The van der Waals surface area contributed by atoms with Gasteiger partial charge in [0.05, 0.1) is 12.6 Å². The maximum Gasteiger partial charge on any atom is 0.417 e. The van der Waals surface area contributed by atoms with Crippen LogP contribution < -0.4 is 0 Å². The summed E-state index contributed by atoms with van der Waals surface area (Å²) in [5.74, 6) is 0.0915. The van der Waals surface area contributed by atoms with Crippen LogP contribution in [0.2, 0.25) is 0 Å². The van der Waals surface area contributed by atoms with Crippen molar-refractivity contribution in [2.45, 2.75) is 39.3 Å². The van der Waals surface area contributed by atoms with Gasteiger partial charge in [-0.05, 0) is 32.6 Å². The van der Waals surface area contributed by atoms with Crippen molar-refractivity contribution in [2.24, 2.45) is 17.8 Å². The Balaban J connectivity index is 2.11. The number of ether oxygens (including phenoxy) is 1. The van der Waals surface area contributed by atoms with E-state index >= 15 is 0 Å². The van der Waals surface area contributed by atoms with Gasteiger partial charge in [0.25, 0.3) is 0 Å². The number of hydrogen-bond acceptors (Lipinski definition) is 4. The first-order valence-electron chi connectivity index (χ1n) is 5.95. The van der Waals surface area contributed by atoms with Crippen LogP contribution >= 0.6 is 0 Å². The zero-order valence-corrected chi connectivity index (χ0v) is 10.6. The molecular formula is C12H19NO4. The van der Waals surface area contributed by atoms with Gasteiger partial charge >= 0.3 is 6.09 Å². The van der Waals surface area contributed by atoms with E-state index in [-0.39, 0.29) is 30.3 Å². The third-order valence-corrected chi connectivity index (χ3v) is 3.52. The predicted molar refractivity (Wildman–Crippen MR) is 60.1 cm³/mol. The number of carbonyl (C=O) groups is 2. The number of aliphatic hydroxyl groups is 1. The van der Waals surface area contributed by atoms with Gasteiger partial charge in [-0.3, -0.25) is 4.79 Å². The van der Waals surface area contributed by atoms with Crippen molar-refractivity contribution in [3.05, 3.63) is 0 Å². The number of likely N-dealkylation sites (tertiary alicyclic amines) is 1. The summed E-state index contributed by atoms with van der Waals surface area (Å²) in [5, 5.41) is 9.31. The number of rotatable bonds is 1. The van der Waals surface area contributed by atoms with Crippen LogP contribution in [0.15, 0.2) is 0 Å². The minimum Gasteiger partial charge on any atom is -0.443 e. The molecule has 0 radical (unpaired) electrons. The Bertz CT molecular complexity index is 360. The van der Waals surface area contributed by atoms with Crippen molar-refractivity contribution in [3.8, 4) is 0 Å². The minimum absolute atomic E-state index is 0.0975. The molecular weight excluding hydrogens is 222 g/mol. The second-order valence-corrected chi connectivity index (χ2v) is 5.90. The number of nitrogens with zero attached hydrogens (tertiary/aromatic N) is 1. The molecule has 1 N–H and O–H groups in total. The minimum atomic E-state index is -0.638. The van der Waals surface area contributed by atoms with Crippen LogP contribution in [0, 0.1) is 17.8 Å². The molecule has 0 aromatic carbocycles. The summed E-state index contributed by atoms with van der Waals surface area (Å²) in [6.07, 6.45) is -0.638. The predicted octanol–water partition coefficient (Wildman–Crippen LogP) is 1.01. The van der Waals surface area contributed by atoms with Crippen LogP contribution in [0.1, 0.15) is 27.7 Å². The van der Waals surface area contributed by atoms with E-state index in [1.165, 1.54) is 0 Å². The van der Waals surface area contributed by atoms with Crippen molar-refractivity contribution in [3.63, 3.8) is 0 Å². The second-order valence-electron chi connectivity index (χ2n) is 5.90. The molecule has 4 atom stereocenters. The molecule has 1 saturated heterocycles. The molecule has 0 spiro atoms. The molecule has 0 aromatic heterocycles. The maximum atomic E-state index is 12.0. The summed E-state index contributed by atoms with van der Waals surface area (Å²) < 4.78 is 5.18. The van der Waals surface area contributed by atoms with E-state index < -0.39 is 17.7 Å². The Kier molecular flexibility index (Phi) is 2.69. The number of imide groups is 1. The molecule has 0 bridgehead atoms. The SMILES string of the molecule is C[C@@H]1[C@H]2C(=O)N(C(=O)OC(C)(C)C)[C@H](CO)[C@@H]12. The monoisotopic (exact) mass is 241 g/mol. The summed E-state index contributed by atoms with van der Waals surface area (Å²) in [7, 11) is 0. The highest BCUT2D eigenvalue weighted by atomic mass is 16.6. The van der Waals surface area contributed by atoms with Gasteiger partial charge in [0.15, 0.2) is 0 Å². The van der Waals surface area contributed by atoms with Crippen molar-refractivity contribution < 1.29 is 19.4 Å². The van der Waals surface area contributed by atoms with Gasteiger partial charge < -0.3 is 9.84 Å². The molecule has 0 aromatic rings. The van der Waals surface area contributed by atoms with E-state index in [4.69, 9.17) is 4.74 Å². The zero-order valence-electron chi connectivity index (χ0n) is 10.6. The van der Waals surface area contributed by atoms with Gasteiger partial charge in [-0.15, -0.1) is 0 Å². The zero-order chi connectivity index (χ0) is 13.0. The highest BCUT2D eigenvalue weighted by Crippen LogP contribution is 2.55. The fourth-order valence-corrected chi connectivity index (χ4v) is 2.71. The first-order valence-corrected chi connectivity index (χ1v) is 5.95. The second kappa shape index (κ2) is 3.70. The van der Waals surface area contributed by atoms with E-state index in [2.05, 4.69) is 0 Å². The Labute approximate surface area is 101 Å². The van der Waals surface area contributed by atoms with Gasteiger partial charge in [-0.25, -0.2) is 9.69 Å². The van der Waals surface area contributed by atoms with Crippen molar-refractivity contribution in [1.29, 1.82) is 0 Å². The average Bonchev–Trinajstić information content (AvgIpc) is 2.69. The third kappa shape index (κ3) is 1.92. The summed E-state index contributed by atoms with van der Waals surface area (Å²) >= 11 is 0. The fourth-order valence-electron chi connectivity index (χ4n) is 2.71. The van der Waals surface area contributed by atoms with E-state index in [1.807, 2.05) is 6.92 Å². The lowest BCUT2D eigenvalue weighted by Gasteiger charge is -2.28. The average molecular weight is 241 g/mol. The molecule has 0 unspecified atom stereocenters. The topological polar surface area (TPSA) is 66.8 Å². The smallest absolute Gasteiger partial charge is 0.417 e. The summed E-state index contributed by atoms with van der Waals surface area (Å²) in [6, 6.07) is -0.405. The molecule has 2 fully saturated rings. The molecule has 2 amide bonds.